The highest BCUT2D eigenvalue weighted by molar-refractivity contribution is 7.92. The molecule has 0 aromatic heterocycles. The van der Waals surface area contributed by atoms with Crippen molar-refractivity contribution in [1.82, 2.24) is 4.67 Å². The predicted molar refractivity (Wildman–Crippen MR) is 77.6 cm³/mol. The van der Waals surface area contributed by atoms with Gasteiger partial charge in [0.2, 0.25) is 7.65 Å². The second-order valence-corrected chi connectivity index (χ2v) is 10.5. The minimum absolute atomic E-state index is 0.0451. The average molecular weight is 316 g/mol. The van der Waals surface area contributed by atoms with Gasteiger partial charge in [-0.3, -0.25) is 0 Å². The van der Waals surface area contributed by atoms with Crippen molar-refractivity contribution in [3.63, 3.8) is 0 Å². The first-order valence-corrected chi connectivity index (χ1v) is 9.98. The summed E-state index contributed by atoms with van der Waals surface area (Å²) in [6, 6.07) is 0.0608. The molecule has 0 aromatic carbocycles. The molecule has 1 fully saturated rings. The first-order chi connectivity index (χ1) is 8.10. The zero-order chi connectivity index (χ0) is 14.1. The van der Waals surface area contributed by atoms with Crippen LogP contribution in [0, 0.1) is 0 Å². The summed E-state index contributed by atoms with van der Waals surface area (Å²) < 4.78 is 31.4. The Balaban J connectivity index is 2.77. The average Bonchev–Trinajstić information content (AvgIpc) is 2.44. The molecule has 3 atom stereocenters. The van der Waals surface area contributed by atoms with Gasteiger partial charge in [-0.05, 0) is 45.4 Å². The van der Waals surface area contributed by atoms with Crippen molar-refractivity contribution in [2.24, 2.45) is 0 Å². The molecule has 0 N–H and O–H groups in total. The predicted octanol–water partition coefficient (Wildman–Crippen LogP) is 3.16. The van der Waals surface area contributed by atoms with Crippen LogP contribution in [0.1, 0.15) is 41.0 Å². The largest absolute Gasteiger partial charge is 0.325 e. The summed E-state index contributed by atoms with van der Waals surface area (Å²) in [5, 5.41) is 0. The summed E-state index contributed by atoms with van der Waals surface area (Å²) in [6.45, 7) is 10.1. The van der Waals surface area contributed by atoms with Gasteiger partial charge < -0.3 is 4.52 Å². The lowest BCUT2D eigenvalue weighted by molar-refractivity contribution is 0.229. The van der Waals surface area contributed by atoms with E-state index in [0.29, 0.717) is 0 Å². The summed E-state index contributed by atoms with van der Waals surface area (Å²) in [5.74, 6) is 0.0451. The summed E-state index contributed by atoms with van der Waals surface area (Å²) in [4.78, 5) is 0. The molecule has 1 aliphatic rings. The van der Waals surface area contributed by atoms with E-state index in [1.807, 2.05) is 6.92 Å². The summed E-state index contributed by atoms with van der Waals surface area (Å²) in [6.07, 6.45) is 0.669. The minimum Gasteiger partial charge on any atom is -0.325 e. The van der Waals surface area contributed by atoms with Gasteiger partial charge in [0.25, 0.3) is 0 Å². The normalized spacial score (nSPS) is 30.9. The lowest BCUT2D eigenvalue weighted by atomic mass is 10.2. The van der Waals surface area contributed by atoms with Gasteiger partial charge in [-0.25, -0.2) is 13.1 Å². The Morgan fingerprint density at radius 1 is 1.39 bits per heavy atom. The first kappa shape index (κ1) is 16.6. The molecule has 0 spiro atoms. The van der Waals surface area contributed by atoms with Crippen LogP contribution in [0.2, 0.25) is 0 Å². The first-order valence-electron chi connectivity index (χ1n) is 6.21. The number of hydrogen-bond donors (Lipinski definition) is 0. The molecule has 108 valence electrons. The van der Waals surface area contributed by atoms with Crippen LogP contribution in [0.25, 0.3) is 0 Å². The van der Waals surface area contributed by atoms with Crippen LogP contribution in [0.5, 0.6) is 0 Å². The van der Waals surface area contributed by atoms with Crippen LogP contribution in [-0.2, 0) is 14.4 Å². The molecule has 0 bridgehead atoms. The van der Waals surface area contributed by atoms with E-state index in [-0.39, 0.29) is 17.9 Å². The third-order valence-corrected chi connectivity index (χ3v) is 8.07. The molecular formula is C11H23ClNO3PS. The minimum atomic E-state index is -3.18. The van der Waals surface area contributed by atoms with Crippen molar-refractivity contribution in [3.05, 3.63) is 0 Å². The fourth-order valence-corrected chi connectivity index (χ4v) is 5.46. The molecule has 4 nitrogen and oxygen atoms in total. The van der Waals surface area contributed by atoms with Crippen LogP contribution in [-0.4, -0.2) is 42.3 Å². The van der Waals surface area contributed by atoms with Crippen molar-refractivity contribution in [3.8, 4) is 0 Å². The molecular weight excluding hydrogens is 293 g/mol. The maximum Gasteiger partial charge on any atom is 0.207 e. The number of halogens is 1. The fourth-order valence-electron chi connectivity index (χ4n) is 1.74. The Hall–Kier alpha value is 0.590. The topological polar surface area (TPSA) is 46.6 Å². The SMILES string of the molecule is CCCN1[C@H](C)[C@H](CS(=O)(=O)C(C)(C)C)OP1Cl. The fraction of sp³-hybridized carbons (Fsp3) is 1.00. The van der Waals surface area contributed by atoms with Crippen LogP contribution in [0.4, 0.5) is 0 Å². The van der Waals surface area contributed by atoms with E-state index in [1.54, 1.807) is 20.8 Å². The molecule has 1 aliphatic heterocycles. The second-order valence-electron chi connectivity index (χ2n) is 5.67. The smallest absolute Gasteiger partial charge is 0.207 e. The van der Waals surface area contributed by atoms with Gasteiger partial charge in [0.05, 0.1) is 16.6 Å². The highest BCUT2D eigenvalue weighted by atomic mass is 35.7. The van der Waals surface area contributed by atoms with Crippen LogP contribution < -0.4 is 0 Å². The van der Waals surface area contributed by atoms with E-state index < -0.39 is 22.2 Å². The van der Waals surface area contributed by atoms with Crippen molar-refractivity contribution >= 4 is 28.7 Å². The van der Waals surface area contributed by atoms with Crippen LogP contribution in [0.3, 0.4) is 0 Å². The van der Waals surface area contributed by atoms with Gasteiger partial charge in [-0.15, -0.1) is 0 Å². The molecule has 0 amide bonds. The molecule has 0 aromatic rings. The second kappa shape index (κ2) is 5.92. The number of hydrogen-bond acceptors (Lipinski definition) is 4. The molecule has 18 heavy (non-hydrogen) atoms. The molecule has 1 heterocycles. The molecule has 7 heteroatoms. The Kier molecular flexibility index (Phi) is 5.48. The Labute approximate surface area is 117 Å². The Morgan fingerprint density at radius 3 is 2.39 bits per heavy atom. The van der Waals surface area contributed by atoms with E-state index >= 15 is 0 Å². The Bertz CT molecular complexity index is 382. The zero-order valence-electron chi connectivity index (χ0n) is 11.7. The maximum atomic E-state index is 12.2. The summed E-state index contributed by atoms with van der Waals surface area (Å²) in [5.41, 5.74) is 0. The van der Waals surface area contributed by atoms with Crippen molar-refractivity contribution in [2.45, 2.75) is 57.9 Å². The van der Waals surface area contributed by atoms with Gasteiger partial charge in [0.15, 0.2) is 9.84 Å². The van der Waals surface area contributed by atoms with Crippen LogP contribution >= 0.6 is 18.9 Å². The Morgan fingerprint density at radius 2 is 1.94 bits per heavy atom. The molecule has 1 unspecified atom stereocenters. The molecule has 0 radical (unpaired) electrons. The molecule has 0 aliphatic carbocycles. The number of sulfone groups is 1. The third kappa shape index (κ3) is 3.57. The van der Waals surface area contributed by atoms with E-state index in [4.69, 9.17) is 15.8 Å². The standard InChI is InChI=1S/C11H23ClNO3PS/c1-6-7-13-9(2)10(16-17(13)12)8-18(14,15)11(3,4)5/h9-10H,6-8H2,1-5H3/t9-,10+,17?/m1/s1. The summed E-state index contributed by atoms with van der Waals surface area (Å²) in [7, 11) is -4.34. The van der Waals surface area contributed by atoms with Gasteiger partial charge in [-0.1, -0.05) is 6.92 Å². The molecule has 1 rings (SSSR count). The number of nitrogens with zero attached hydrogens (tertiary/aromatic N) is 1. The lowest BCUT2D eigenvalue weighted by Gasteiger charge is -2.24. The monoisotopic (exact) mass is 315 g/mol. The maximum absolute atomic E-state index is 12.2. The highest BCUT2D eigenvalue weighted by Gasteiger charge is 2.43. The highest BCUT2D eigenvalue weighted by Crippen LogP contribution is 2.55. The van der Waals surface area contributed by atoms with Crippen molar-refractivity contribution in [1.29, 1.82) is 0 Å². The van der Waals surface area contributed by atoms with Crippen molar-refractivity contribution < 1.29 is 12.9 Å². The van der Waals surface area contributed by atoms with Gasteiger partial charge in [-0.2, -0.15) is 0 Å². The summed E-state index contributed by atoms with van der Waals surface area (Å²) >= 11 is 6.16. The zero-order valence-corrected chi connectivity index (χ0v) is 14.1. The van der Waals surface area contributed by atoms with E-state index in [0.717, 1.165) is 13.0 Å². The molecule has 1 saturated heterocycles. The quantitative estimate of drug-likeness (QED) is 0.748. The van der Waals surface area contributed by atoms with Gasteiger partial charge >= 0.3 is 0 Å². The molecule has 0 saturated carbocycles. The van der Waals surface area contributed by atoms with Gasteiger partial charge in [0.1, 0.15) is 0 Å². The lowest BCUT2D eigenvalue weighted by Crippen LogP contribution is -2.40. The third-order valence-electron chi connectivity index (χ3n) is 3.20. The van der Waals surface area contributed by atoms with E-state index in [9.17, 15) is 8.42 Å². The van der Waals surface area contributed by atoms with Crippen molar-refractivity contribution in [2.75, 3.05) is 12.3 Å². The van der Waals surface area contributed by atoms with E-state index in [1.165, 1.54) is 0 Å². The van der Waals surface area contributed by atoms with Gasteiger partial charge in [0, 0.05) is 12.6 Å². The number of rotatable bonds is 4. The van der Waals surface area contributed by atoms with E-state index in [2.05, 4.69) is 11.6 Å². The van der Waals surface area contributed by atoms with Crippen LogP contribution in [0.15, 0.2) is 0 Å².